The number of carbonyl (C=O) groups is 1. The molecule has 0 spiro atoms. The van der Waals surface area contributed by atoms with Crippen molar-refractivity contribution in [2.75, 3.05) is 13.2 Å². The van der Waals surface area contributed by atoms with E-state index in [2.05, 4.69) is 0 Å². The average molecular weight is 215 g/mol. The van der Waals surface area contributed by atoms with Gasteiger partial charge in [0.05, 0.1) is 19.1 Å². The number of hydrogen-bond acceptors (Lipinski definition) is 4. The van der Waals surface area contributed by atoms with Gasteiger partial charge in [-0.2, -0.15) is 0 Å². The maximum absolute atomic E-state index is 11.3. The molecule has 0 aromatic heterocycles. The lowest BCUT2D eigenvalue weighted by atomic mass is 9.75. The Hall–Kier alpha value is -0.610. The molecule has 0 radical (unpaired) electrons. The molecule has 88 valence electrons. The minimum atomic E-state index is -0.282. The summed E-state index contributed by atoms with van der Waals surface area (Å²) in [7, 11) is 0. The lowest BCUT2D eigenvalue weighted by Gasteiger charge is -2.37. The summed E-state index contributed by atoms with van der Waals surface area (Å²) >= 11 is 0. The molecular formula is C11H21NO3. The molecule has 1 rings (SSSR count). The molecule has 4 heteroatoms. The summed E-state index contributed by atoms with van der Waals surface area (Å²) in [5.41, 5.74) is 5.64. The van der Waals surface area contributed by atoms with Crippen molar-refractivity contribution in [2.45, 2.75) is 51.2 Å². The summed E-state index contributed by atoms with van der Waals surface area (Å²) in [6, 6.07) is 0. The van der Waals surface area contributed by atoms with Gasteiger partial charge < -0.3 is 15.2 Å². The lowest BCUT2D eigenvalue weighted by Crippen LogP contribution is -2.48. The number of nitrogens with two attached hydrogens (primary N) is 1. The van der Waals surface area contributed by atoms with Crippen LogP contribution >= 0.6 is 0 Å². The summed E-state index contributed by atoms with van der Waals surface area (Å²) in [4.78, 5) is 11.3. The van der Waals surface area contributed by atoms with E-state index in [1.807, 2.05) is 13.8 Å². The van der Waals surface area contributed by atoms with Crippen molar-refractivity contribution in [3.8, 4) is 0 Å². The van der Waals surface area contributed by atoms with E-state index in [1.54, 1.807) is 0 Å². The number of ether oxygens (including phenoxy) is 2. The molecule has 15 heavy (non-hydrogen) atoms. The largest absolute Gasteiger partial charge is 0.463 e. The highest BCUT2D eigenvalue weighted by atomic mass is 16.6. The molecule has 1 aliphatic rings. The van der Waals surface area contributed by atoms with Gasteiger partial charge in [0.15, 0.2) is 0 Å². The fourth-order valence-electron chi connectivity index (χ4n) is 1.59. The summed E-state index contributed by atoms with van der Waals surface area (Å²) in [6.07, 6.45) is 3.51. The highest BCUT2D eigenvalue weighted by Gasteiger charge is 2.35. The number of carbonyl (C=O) groups excluding carboxylic acids is 1. The topological polar surface area (TPSA) is 61.5 Å². The Bertz CT molecular complexity index is 212. The first-order chi connectivity index (χ1) is 7.02. The Morgan fingerprint density at radius 2 is 2.07 bits per heavy atom. The average Bonchev–Trinajstić information content (AvgIpc) is 2.09. The van der Waals surface area contributed by atoms with Crippen LogP contribution in [0.1, 0.15) is 39.5 Å². The lowest BCUT2D eigenvalue weighted by molar-refractivity contribution is -0.147. The van der Waals surface area contributed by atoms with Gasteiger partial charge in [-0.15, -0.1) is 0 Å². The van der Waals surface area contributed by atoms with Crippen molar-refractivity contribution in [1.82, 2.24) is 0 Å². The van der Waals surface area contributed by atoms with E-state index in [0.29, 0.717) is 19.6 Å². The molecule has 1 saturated carbocycles. The van der Waals surface area contributed by atoms with Crippen molar-refractivity contribution in [1.29, 1.82) is 0 Å². The van der Waals surface area contributed by atoms with Crippen LogP contribution in [0.4, 0.5) is 0 Å². The van der Waals surface area contributed by atoms with Gasteiger partial charge in [0.2, 0.25) is 0 Å². The molecule has 1 aliphatic carbocycles. The van der Waals surface area contributed by atoms with Gasteiger partial charge in [0.25, 0.3) is 0 Å². The van der Waals surface area contributed by atoms with Crippen LogP contribution in [-0.2, 0) is 14.3 Å². The van der Waals surface area contributed by atoms with Crippen molar-refractivity contribution < 1.29 is 14.3 Å². The normalized spacial score (nSPS) is 18.7. The second-order valence-electron chi connectivity index (χ2n) is 4.53. The molecule has 0 heterocycles. The third-order valence-electron chi connectivity index (χ3n) is 2.64. The van der Waals surface area contributed by atoms with Gasteiger partial charge in [-0.25, -0.2) is 0 Å². The van der Waals surface area contributed by atoms with E-state index in [0.717, 1.165) is 19.3 Å². The SMILES string of the molecule is CC(C)OCCOC(=O)CC1(N)CCC1. The Labute approximate surface area is 91.1 Å². The van der Waals surface area contributed by atoms with Crippen molar-refractivity contribution in [3.05, 3.63) is 0 Å². The summed E-state index contributed by atoms with van der Waals surface area (Å²) < 4.78 is 10.3. The quantitative estimate of drug-likeness (QED) is 0.534. The molecule has 0 aliphatic heterocycles. The van der Waals surface area contributed by atoms with E-state index in [4.69, 9.17) is 15.2 Å². The molecule has 2 N–H and O–H groups in total. The fraction of sp³-hybridized carbons (Fsp3) is 0.909. The second kappa shape index (κ2) is 5.47. The van der Waals surface area contributed by atoms with E-state index in [9.17, 15) is 4.79 Å². The van der Waals surface area contributed by atoms with Crippen molar-refractivity contribution in [2.24, 2.45) is 5.73 Å². The van der Waals surface area contributed by atoms with Gasteiger partial charge >= 0.3 is 5.97 Å². The molecule has 0 unspecified atom stereocenters. The molecular weight excluding hydrogens is 194 g/mol. The Morgan fingerprint density at radius 1 is 1.40 bits per heavy atom. The van der Waals surface area contributed by atoms with Gasteiger partial charge in [-0.05, 0) is 33.1 Å². The van der Waals surface area contributed by atoms with Crippen LogP contribution in [0.5, 0.6) is 0 Å². The molecule has 0 aromatic carbocycles. The van der Waals surface area contributed by atoms with E-state index >= 15 is 0 Å². The zero-order valence-corrected chi connectivity index (χ0v) is 9.62. The number of esters is 1. The van der Waals surface area contributed by atoms with Gasteiger partial charge in [-0.1, -0.05) is 0 Å². The van der Waals surface area contributed by atoms with E-state index in [-0.39, 0.29) is 17.6 Å². The minimum absolute atomic E-state index is 0.177. The molecule has 1 fully saturated rings. The summed E-state index contributed by atoms with van der Waals surface area (Å²) in [6.45, 7) is 4.68. The van der Waals surface area contributed by atoms with Crippen molar-refractivity contribution in [3.63, 3.8) is 0 Å². The number of rotatable bonds is 6. The zero-order valence-electron chi connectivity index (χ0n) is 9.62. The predicted octanol–water partition coefficient (Wildman–Crippen LogP) is 1.23. The molecule has 0 amide bonds. The first kappa shape index (κ1) is 12.5. The molecule has 0 aromatic rings. The monoisotopic (exact) mass is 215 g/mol. The third-order valence-corrected chi connectivity index (χ3v) is 2.64. The van der Waals surface area contributed by atoms with E-state index in [1.165, 1.54) is 0 Å². The highest BCUT2D eigenvalue weighted by Crippen LogP contribution is 2.32. The fourth-order valence-corrected chi connectivity index (χ4v) is 1.59. The van der Waals surface area contributed by atoms with Gasteiger partial charge in [-0.3, -0.25) is 4.79 Å². The zero-order chi connectivity index (χ0) is 11.3. The molecule has 0 bridgehead atoms. The van der Waals surface area contributed by atoms with Crippen LogP contribution in [0.25, 0.3) is 0 Å². The maximum atomic E-state index is 11.3. The minimum Gasteiger partial charge on any atom is -0.463 e. The maximum Gasteiger partial charge on any atom is 0.307 e. The highest BCUT2D eigenvalue weighted by molar-refractivity contribution is 5.71. The van der Waals surface area contributed by atoms with Crippen LogP contribution in [0.3, 0.4) is 0 Å². The van der Waals surface area contributed by atoms with Crippen LogP contribution < -0.4 is 5.73 Å². The Morgan fingerprint density at radius 3 is 2.53 bits per heavy atom. The standard InChI is InChI=1S/C11H21NO3/c1-9(2)14-6-7-15-10(13)8-11(12)4-3-5-11/h9H,3-8,12H2,1-2H3. The van der Waals surface area contributed by atoms with Crippen LogP contribution in [0, 0.1) is 0 Å². The van der Waals surface area contributed by atoms with Crippen LogP contribution in [-0.4, -0.2) is 30.8 Å². The summed E-state index contributed by atoms with van der Waals surface area (Å²) in [5.74, 6) is -0.204. The molecule has 4 nitrogen and oxygen atoms in total. The van der Waals surface area contributed by atoms with Crippen molar-refractivity contribution >= 4 is 5.97 Å². The molecule has 0 atom stereocenters. The van der Waals surface area contributed by atoms with Crippen LogP contribution in [0.2, 0.25) is 0 Å². The Balaban J connectivity index is 2.03. The van der Waals surface area contributed by atoms with Crippen LogP contribution in [0.15, 0.2) is 0 Å². The van der Waals surface area contributed by atoms with Gasteiger partial charge in [0.1, 0.15) is 6.61 Å². The predicted molar refractivity (Wildman–Crippen MR) is 57.4 cm³/mol. The number of hydrogen-bond donors (Lipinski definition) is 1. The smallest absolute Gasteiger partial charge is 0.307 e. The van der Waals surface area contributed by atoms with Gasteiger partial charge in [0, 0.05) is 5.54 Å². The first-order valence-corrected chi connectivity index (χ1v) is 5.58. The summed E-state index contributed by atoms with van der Waals surface area (Å²) in [5, 5.41) is 0. The Kier molecular flexibility index (Phi) is 4.54. The first-order valence-electron chi connectivity index (χ1n) is 5.58. The third kappa shape index (κ3) is 4.62. The van der Waals surface area contributed by atoms with E-state index < -0.39 is 0 Å². The second-order valence-corrected chi connectivity index (χ2v) is 4.53. The molecule has 0 saturated heterocycles.